The van der Waals surface area contributed by atoms with Gasteiger partial charge in [-0.05, 0) is 44.9 Å². The van der Waals surface area contributed by atoms with Crippen LogP contribution in [0.15, 0.2) is 36.5 Å². The van der Waals surface area contributed by atoms with E-state index in [1.807, 2.05) is 21.1 Å². The first-order chi connectivity index (χ1) is 24.0. The van der Waals surface area contributed by atoms with Gasteiger partial charge in [-0.3, -0.25) is 9.36 Å². The summed E-state index contributed by atoms with van der Waals surface area (Å²) in [4.78, 5) is 25.2. The number of unbranched alkanes of at least 4 members (excludes halogenated alkanes) is 17. The van der Waals surface area contributed by atoms with Gasteiger partial charge in [0.25, 0.3) is 7.82 Å². The number of phosphoric acid groups is 1. The van der Waals surface area contributed by atoms with Gasteiger partial charge in [-0.25, -0.2) is 0 Å². The molecule has 0 fully saturated rings. The number of likely N-dealkylation sites (N-methyl/N-ethyl adjacent to an activating group) is 1. The third-order valence-electron chi connectivity index (χ3n) is 8.89. The number of rotatable bonds is 36. The summed E-state index contributed by atoms with van der Waals surface area (Å²) in [6.45, 7) is 4.57. The Hall–Kier alpha value is -1.28. The Morgan fingerprint density at radius 3 is 1.78 bits per heavy atom. The van der Waals surface area contributed by atoms with Gasteiger partial charge in [0.05, 0.1) is 39.9 Å². The molecule has 2 N–H and O–H groups in total. The molecule has 8 nitrogen and oxygen atoms in total. The molecule has 0 heterocycles. The van der Waals surface area contributed by atoms with Gasteiger partial charge in [0.15, 0.2) is 0 Å². The van der Waals surface area contributed by atoms with Crippen LogP contribution in [0.25, 0.3) is 0 Å². The summed E-state index contributed by atoms with van der Waals surface area (Å²) in [6, 6.07) is -0.803. The van der Waals surface area contributed by atoms with Crippen LogP contribution in [-0.4, -0.2) is 68.5 Å². The number of carbonyl (C=O) groups is 1. The number of phosphoric ester groups is 1. The molecule has 0 aliphatic rings. The molecule has 0 saturated heterocycles. The van der Waals surface area contributed by atoms with Crippen LogP contribution in [0.3, 0.4) is 0 Å². The highest BCUT2D eigenvalue weighted by Gasteiger charge is 2.24. The second kappa shape index (κ2) is 33.5. The lowest BCUT2D eigenvalue weighted by Crippen LogP contribution is -2.46. The predicted octanol–water partition coefficient (Wildman–Crippen LogP) is 10.1. The van der Waals surface area contributed by atoms with Crippen LogP contribution in [0.1, 0.15) is 168 Å². The maximum atomic E-state index is 12.8. The average molecular weight is 727 g/mol. The van der Waals surface area contributed by atoms with E-state index in [2.05, 4.69) is 55.6 Å². The Bertz CT molecular complexity index is 917. The molecule has 3 atom stereocenters. The minimum Gasteiger partial charge on any atom is -0.756 e. The molecule has 0 aliphatic carbocycles. The number of hydrogen-bond acceptors (Lipinski definition) is 6. The van der Waals surface area contributed by atoms with Crippen molar-refractivity contribution in [3.63, 3.8) is 0 Å². The van der Waals surface area contributed by atoms with Crippen molar-refractivity contribution in [2.24, 2.45) is 0 Å². The summed E-state index contributed by atoms with van der Waals surface area (Å²) in [7, 11) is 1.29. The van der Waals surface area contributed by atoms with Gasteiger partial charge in [-0.1, -0.05) is 153 Å². The zero-order valence-electron chi connectivity index (χ0n) is 33.1. The molecule has 9 heteroatoms. The van der Waals surface area contributed by atoms with Gasteiger partial charge in [0.1, 0.15) is 13.2 Å². The summed E-state index contributed by atoms with van der Waals surface area (Å²) in [5, 5.41) is 13.8. The van der Waals surface area contributed by atoms with E-state index in [-0.39, 0.29) is 19.1 Å². The fraction of sp³-hybridized carbons (Fsp3) is 0.829. The second-order valence-corrected chi connectivity index (χ2v) is 16.4. The van der Waals surface area contributed by atoms with Crippen molar-refractivity contribution in [2.45, 2.75) is 180 Å². The van der Waals surface area contributed by atoms with E-state index in [1.165, 1.54) is 77.0 Å². The van der Waals surface area contributed by atoms with E-state index >= 15 is 0 Å². The quantitative estimate of drug-likeness (QED) is 0.0288. The molecular formula is C41H79N2O6P. The molecule has 0 aliphatic heterocycles. The lowest BCUT2D eigenvalue weighted by atomic mass is 10.0. The molecule has 0 saturated carbocycles. The number of aliphatic hydroxyl groups is 1. The number of amides is 1. The molecule has 0 aromatic carbocycles. The third kappa shape index (κ3) is 35.1. The Morgan fingerprint density at radius 1 is 0.720 bits per heavy atom. The molecule has 0 spiro atoms. The first-order valence-electron chi connectivity index (χ1n) is 20.3. The largest absolute Gasteiger partial charge is 0.756 e. The van der Waals surface area contributed by atoms with Crippen LogP contribution in [-0.2, 0) is 18.4 Å². The van der Waals surface area contributed by atoms with Crippen molar-refractivity contribution < 1.29 is 32.9 Å². The van der Waals surface area contributed by atoms with E-state index in [4.69, 9.17) is 9.05 Å². The number of allylic oxidation sites excluding steroid dienone is 6. The molecule has 0 rings (SSSR count). The Labute approximate surface area is 308 Å². The highest BCUT2D eigenvalue weighted by Crippen LogP contribution is 2.38. The molecule has 294 valence electrons. The Morgan fingerprint density at radius 2 is 1.22 bits per heavy atom. The van der Waals surface area contributed by atoms with Crippen LogP contribution >= 0.6 is 7.82 Å². The molecule has 1 amide bonds. The number of carbonyl (C=O) groups excluding carboxylic acids is 1. The molecule has 0 aromatic heterocycles. The molecule has 0 bridgehead atoms. The summed E-state index contributed by atoms with van der Waals surface area (Å²) in [5.41, 5.74) is 0. The van der Waals surface area contributed by atoms with Gasteiger partial charge >= 0.3 is 0 Å². The number of nitrogens with one attached hydrogen (secondary N) is 1. The zero-order chi connectivity index (χ0) is 37.2. The van der Waals surface area contributed by atoms with Gasteiger partial charge in [0.2, 0.25) is 5.91 Å². The van der Waals surface area contributed by atoms with E-state index in [0.717, 1.165) is 64.2 Å². The number of nitrogens with zero attached hydrogens (tertiary/aromatic N) is 1. The minimum atomic E-state index is -4.56. The van der Waals surface area contributed by atoms with Crippen LogP contribution in [0, 0.1) is 0 Å². The average Bonchev–Trinajstić information content (AvgIpc) is 3.06. The minimum absolute atomic E-state index is 0.00902. The molecular weight excluding hydrogens is 647 g/mol. The monoisotopic (exact) mass is 727 g/mol. The molecule has 0 aromatic rings. The first kappa shape index (κ1) is 48.7. The van der Waals surface area contributed by atoms with Gasteiger partial charge in [0, 0.05) is 6.42 Å². The van der Waals surface area contributed by atoms with E-state index in [9.17, 15) is 19.4 Å². The van der Waals surface area contributed by atoms with Crippen molar-refractivity contribution in [1.82, 2.24) is 5.32 Å². The van der Waals surface area contributed by atoms with Crippen molar-refractivity contribution >= 4 is 13.7 Å². The topological polar surface area (TPSA) is 108 Å². The fourth-order valence-electron chi connectivity index (χ4n) is 5.64. The maximum Gasteiger partial charge on any atom is 0.268 e. The van der Waals surface area contributed by atoms with Crippen molar-refractivity contribution in [3.05, 3.63) is 36.5 Å². The molecule has 3 unspecified atom stereocenters. The van der Waals surface area contributed by atoms with Crippen LogP contribution < -0.4 is 10.2 Å². The third-order valence-corrected chi connectivity index (χ3v) is 9.86. The number of quaternary nitrogens is 1. The van der Waals surface area contributed by atoms with Crippen molar-refractivity contribution in [2.75, 3.05) is 40.9 Å². The van der Waals surface area contributed by atoms with Crippen LogP contribution in [0.5, 0.6) is 0 Å². The Balaban J connectivity index is 4.41. The van der Waals surface area contributed by atoms with Gasteiger partial charge < -0.3 is 28.8 Å². The number of hydrogen-bond donors (Lipinski definition) is 2. The summed E-state index contributed by atoms with van der Waals surface area (Å²) in [5.74, 6) is -0.178. The lowest BCUT2D eigenvalue weighted by Gasteiger charge is -2.30. The predicted molar refractivity (Wildman–Crippen MR) is 210 cm³/mol. The standard InChI is InChI=1S/C41H79N2O6P/c1-6-8-10-12-14-16-18-19-20-21-22-23-25-27-29-31-33-35-41(45)42-39(38-49-50(46,47)48-37-36-43(3,4)5)40(44)34-32-30-28-26-24-17-15-13-11-9-7-2/h8,10,14,16,19-20,39-40,44H,6-7,9,11-13,15,17-18,21-38H2,1-5H3,(H-,42,45,46,47)/b10-8-,16-14-,20-19-. The highest BCUT2D eigenvalue weighted by molar-refractivity contribution is 7.45. The van der Waals surface area contributed by atoms with Gasteiger partial charge in [-0.2, -0.15) is 0 Å². The zero-order valence-corrected chi connectivity index (χ0v) is 34.0. The SMILES string of the molecule is CC/C=C\C/C=C\C/C=C\CCCCCCCCCC(=O)NC(COP(=O)([O-])OCC[N+](C)(C)C)C(O)CCCCCCCCCCCCC. The van der Waals surface area contributed by atoms with Crippen LogP contribution in [0.4, 0.5) is 0 Å². The normalized spacial score (nSPS) is 14.9. The summed E-state index contributed by atoms with van der Waals surface area (Å²) in [6.07, 6.45) is 38.5. The lowest BCUT2D eigenvalue weighted by molar-refractivity contribution is -0.870. The summed E-state index contributed by atoms with van der Waals surface area (Å²) >= 11 is 0. The number of aliphatic hydroxyl groups excluding tert-OH is 1. The highest BCUT2D eigenvalue weighted by atomic mass is 31.2. The second-order valence-electron chi connectivity index (χ2n) is 15.0. The van der Waals surface area contributed by atoms with Crippen molar-refractivity contribution in [3.8, 4) is 0 Å². The molecule has 50 heavy (non-hydrogen) atoms. The van der Waals surface area contributed by atoms with E-state index in [0.29, 0.717) is 23.9 Å². The van der Waals surface area contributed by atoms with E-state index < -0.39 is 20.0 Å². The first-order valence-corrected chi connectivity index (χ1v) is 21.8. The van der Waals surface area contributed by atoms with Crippen LogP contribution in [0.2, 0.25) is 0 Å². The smallest absolute Gasteiger partial charge is 0.268 e. The van der Waals surface area contributed by atoms with Gasteiger partial charge in [-0.15, -0.1) is 0 Å². The Kier molecular flexibility index (Phi) is 32.7. The molecule has 0 radical (unpaired) electrons. The maximum absolute atomic E-state index is 12.8. The van der Waals surface area contributed by atoms with Crippen molar-refractivity contribution in [1.29, 1.82) is 0 Å². The fourth-order valence-corrected chi connectivity index (χ4v) is 6.36. The van der Waals surface area contributed by atoms with E-state index in [1.54, 1.807) is 0 Å². The summed E-state index contributed by atoms with van der Waals surface area (Å²) < 4.78 is 23.2.